The van der Waals surface area contributed by atoms with Gasteiger partial charge in [0.25, 0.3) is 0 Å². The second-order valence-corrected chi connectivity index (χ2v) is 16.5. The summed E-state index contributed by atoms with van der Waals surface area (Å²) < 4.78 is 0. The number of benzene rings is 9. The highest BCUT2D eigenvalue weighted by atomic mass is 14.7. The second kappa shape index (κ2) is 13.7. The van der Waals surface area contributed by atoms with Gasteiger partial charge in [-0.15, -0.1) is 0 Å². The van der Waals surface area contributed by atoms with Gasteiger partial charge in [0.1, 0.15) is 0 Å². The molecule has 0 amide bonds. The fourth-order valence-electron chi connectivity index (χ4n) is 9.89. The van der Waals surface area contributed by atoms with Gasteiger partial charge in [-0.3, -0.25) is 0 Å². The maximum Gasteiger partial charge on any atom is 0.0716 e. The molecule has 2 heterocycles. The summed E-state index contributed by atoms with van der Waals surface area (Å²) in [5.74, 6) is 0. The van der Waals surface area contributed by atoms with Crippen molar-refractivity contribution in [3.8, 4) is 67.0 Å². The monoisotopic (exact) mass is 784 g/mol. The molecule has 2 aliphatic carbocycles. The Balaban J connectivity index is 0.944. The Morgan fingerprint density at radius 3 is 1.00 bits per heavy atom. The van der Waals surface area contributed by atoms with E-state index in [9.17, 15) is 0 Å². The summed E-state index contributed by atoms with van der Waals surface area (Å²) in [5, 5.41) is 12.7. The molecule has 2 aromatic heterocycles. The first-order valence-corrected chi connectivity index (χ1v) is 21.3. The lowest BCUT2D eigenvalue weighted by molar-refractivity contribution is 1.28. The van der Waals surface area contributed by atoms with Crippen LogP contribution in [0.1, 0.15) is 0 Å². The van der Waals surface area contributed by atoms with Gasteiger partial charge in [0.15, 0.2) is 0 Å². The lowest BCUT2D eigenvalue weighted by atomic mass is 9.90. The number of pyridine rings is 2. The smallest absolute Gasteiger partial charge is 0.0716 e. The molecule has 0 radical (unpaired) electrons. The van der Waals surface area contributed by atoms with Gasteiger partial charge in [-0.2, -0.15) is 0 Å². The lowest BCUT2D eigenvalue weighted by Gasteiger charge is -2.16. The molecule has 2 aliphatic rings. The highest BCUT2D eigenvalue weighted by molar-refractivity contribution is 6.02. The van der Waals surface area contributed by atoms with Crippen LogP contribution in [0.25, 0.3) is 88.8 Å². The van der Waals surface area contributed by atoms with Gasteiger partial charge in [-0.1, -0.05) is 170 Å². The van der Waals surface area contributed by atoms with E-state index >= 15 is 0 Å². The van der Waals surface area contributed by atoms with Crippen molar-refractivity contribution in [2.24, 2.45) is 0 Å². The summed E-state index contributed by atoms with van der Waals surface area (Å²) in [4.78, 5) is 10.6. The van der Waals surface area contributed by atoms with Crippen LogP contribution in [0.3, 0.4) is 0 Å². The summed E-state index contributed by atoms with van der Waals surface area (Å²) in [6.07, 6.45) is 0. The molecule has 0 bridgehead atoms. The number of nitrogens with zero attached hydrogens (tertiary/aromatic N) is 2. The van der Waals surface area contributed by atoms with Crippen molar-refractivity contribution < 1.29 is 0 Å². The number of rotatable bonds is 6. The number of aromatic nitrogens is 2. The Morgan fingerprint density at radius 1 is 0.210 bits per heavy atom. The molecule has 2 heteroatoms. The molecule has 286 valence electrons. The highest BCUT2D eigenvalue weighted by Crippen LogP contribution is 2.40. The first kappa shape index (κ1) is 34.6. The topological polar surface area (TPSA) is 25.8 Å². The number of fused-ring (bicyclic) bond motifs is 6. The van der Waals surface area contributed by atoms with Gasteiger partial charge in [-0.05, 0) is 135 Å². The average molecular weight is 785 g/mol. The molecule has 0 fully saturated rings. The SMILES string of the molecule is c1ccc(-c2cc(-c3ccc4c(c3)=c3ccccc3=4)nc3ccc(-c4ccccc4-c4ccc5nc(-c6ccc7c(c6)=c6ccccc6=7)cc(-c6ccccc6)c5c4)cc23)cc1. The van der Waals surface area contributed by atoms with Crippen molar-refractivity contribution in [3.05, 3.63) is 260 Å². The standard InChI is InChI=1S/C60H36N2/c1-3-13-37(14-4-1)51-35-59(41-23-27-49-45-19-9-11-21-47(45)53(49)33-41)61-57-29-25-39(31-55(51)57)43-17-7-8-18-44(43)40-26-30-58-56(32-40)52(38-15-5-2-6-16-38)36-60(62-58)42-24-28-50-46-20-10-12-22-48(46)54(50)34-42/h1-36H. The third-order valence-corrected chi connectivity index (χ3v) is 13.0. The lowest BCUT2D eigenvalue weighted by Crippen LogP contribution is -1.95. The van der Waals surface area contributed by atoms with Gasteiger partial charge in [0.2, 0.25) is 0 Å². The predicted molar refractivity (Wildman–Crippen MR) is 253 cm³/mol. The molecule has 0 unspecified atom stereocenters. The van der Waals surface area contributed by atoms with Gasteiger partial charge in [0.05, 0.1) is 22.4 Å². The molecular weight excluding hydrogens is 749 g/mol. The summed E-state index contributed by atoms with van der Waals surface area (Å²) in [6.45, 7) is 0. The van der Waals surface area contributed by atoms with Crippen molar-refractivity contribution in [1.29, 1.82) is 0 Å². The fraction of sp³-hybridized carbons (Fsp3) is 0. The molecule has 13 rings (SSSR count). The second-order valence-electron chi connectivity index (χ2n) is 16.5. The molecular formula is C60H36N2. The molecule has 11 aromatic rings. The molecule has 0 spiro atoms. The minimum absolute atomic E-state index is 0.975. The fourth-order valence-corrected chi connectivity index (χ4v) is 9.89. The predicted octanol–water partition coefficient (Wildman–Crippen LogP) is 14.6. The normalized spacial score (nSPS) is 11.9. The first-order valence-electron chi connectivity index (χ1n) is 21.3. The highest BCUT2D eigenvalue weighted by Gasteiger charge is 2.17. The molecule has 9 aromatic carbocycles. The molecule has 62 heavy (non-hydrogen) atoms. The summed E-state index contributed by atoms with van der Waals surface area (Å²) in [5.41, 5.74) is 15.5. The maximum atomic E-state index is 5.31. The van der Waals surface area contributed by atoms with Crippen LogP contribution in [0.5, 0.6) is 0 Å². The van der Waals surface area contributed by atoms with E-state index in [-0.39, 0.29) is 0 Å². The largest absolute Gasteiger partial charge is 0.248 e. The van der Waals surface area contributed by atoms with Crippen molar-refractivity contribution in [1.82, 2.24) is 9.97 Å². The van der Waals surface area contributed by atoms with Crippen LogP contribution < -0.4 is 0 Å². The minimum Gasteiger partial charge on any atom is -0.248 e. The molecule has 0 atom stereocenters. The van der Waals surface area contributed by atoms with E-state index < -0.39 is 0 Å². The Kier molecular flexibility index (Phi) is 7.64. The van der Waals surface area contributed by atoms with E-state index in [2.05, 4.69) is 218 Å². The molecule has 0 saturated carbocycles. The van der Waals surface area contributed by atoms with E-state index in [0.29, 0.717) is 0 Å². The van der Waals surface area contributed by atoms with Gasteiger partial charge >= 0.3 is 0 Å². The molecule has 0 saturated heterocycles. The van der Waals surface area contributed by atoms with Crippen LogP contribution in [0.4, 0.5) is 0 Å². The van der Waals surface area contributed by atoms with E-state index in [0.717, 1.165) is 55.4 Å². The van der Waals surface area contributed by atoms with Crippen LogP contribution in [-0.2, 0) is 0 Å². The van der Waals surface area contributed by atoms with Gasteiger partial charge in [0, 0.05) is 21.9 Å². The molecule has 0 N–H and O–H groups in total. The Morgan fingerprint density at radius 2 is 0.565 bits per heavy atom. The Hall–Kier alpha value is -8.20. The zero-order valence-electron chi connectivity index (χ0n) is 33.7. The van der Waals surface area contributed by atoms with Crippen LogP contribution >= 0.6 is 0 Å². The van der Waals surface area contributed by atoms with Gasteiger partial charge < -0.3 is 0 Å². The first-order chi connectivity index (χ1) is 30.7. The van der Waals surface area contributed by atoms with Crippen LogP contribution in [0.2, 0.25) is 0 Å². The van der Waals surface area contributed by atoms with Crippen LogP contribution in [0, 0.1) is 41.7 Å². The van der Waals surface area contributed by atoms with Gasteiger partial charge in [-0.25, -0.2) is 9.97 Å². The van der Waals surface area contributed by atoms with E-state index in [4.69, 9.17) is 9.97 Å². The van der Waals surface area contributed by atoms with Crippen LogP contribution in [-0.4, -0.2) is 9.97 Å². The Labute approximate surface area is 357 Å². The van der Waals surface area contributed by atoms with Crippen molar-refractivity contribution in [3.63, 3.8) is 0 Å². The maximum absolute atomic E-state index is 5.31. The van der Waals surface area contributed by atoms with Crippen LogP contribution in [0.15, 0.2) is 218 Å². The van der Waals surface area contributed by atoms with E-state index in [1.807, 2.05) is 0 Å². The minimum atomic E-state index is 0.975. The third-order valence-electron chi connectivity index (χ3n) is 13.0. The summed E-state index contributed by atoms with van der Waals surface area (Å²) >= 11 is 0. The van der Waals surface area contributed by atoms with Crippen molar-refractivity contribution >= 4 is 21.8 Å². The van der Waals surface area contributed by atoms with E-state index in [1.54, 1.807) is 0 Å². The zero-order valence-corrected chi connectivity index (χ0v) is 33.7. The van der Waals surface area contributed by atoms with Crippen molar-refractivity contribution in [2.45, 2.75) is 0 Å². The summed E-state index contributed by atoms with van der Waals surface area (Å²) in [6, 6.07) is 79.1. The third kappa shape index (κ3) is 5.44. The number of hydrogen-bond acceptors (Lipinski definition) is 2. The zero-order chi connectivity index (χ0) is 40.7. The van der Waals surface area contributed by atoms with Crippen molar-refractivity contribution in [2.75, 3.05) is 0 Å². The average Bonchev–Trinajstić information content (AvgIpc) is 3.34. The Bertz CT molecular complexity index is 3820. The molecule has 2 nitrogen and oxygen atoms in total. The molecule has 0 aliphatic heterocycles. The summed E-state index contributed by atoms with van der Waals surface area (Å²) in [7, 11) is 0. The quantitative estimate of drug-likeness (QED) is 0.168. The number of hydrogen-bond donors (Lipinski definition) is 0. The van der Waals surface area contributed by atoms with E-state index in [1.165, 1.54) is 75.1 Å².